The molecule has 0 spiro atoms. The van der Waals surface area contributed by atoms with Crippen molar-refractivity contribution in [1.82, 2.24) is 5.32 Å². The normalized spacial score (nSPS) is 18.8. The predicted octanol–water partition coefficient (Wildman–Crippen LogP) is 4.46. The van der Waals surface area contributed by atoms with Crippen LogP contribution in [0.3, 0.4) is 0 Å². The monoisotopic (exact) mass is 281 g/mol. The fraction of sp³-hybridized carbons (Fsp3) is 0.647. The summed E-state index contributed by atoms with van der Waals surface area (Å²) in [6.45, 7) is 3.03. The summed E-state index contributed by atoms with van der Waals surface area (Å²) in [6, 6.07) is 4.67. The molecule has 1 aliphatic rings. The molecule has 0 aromatic heterocycles. The summed E-state index contributed by atoms with van der Waals surface area (Å²) < 4.78 is 26.3. The number of rotatable bonds is 5. The van der Waals surface area contributed by atoms with E-state index in [1.165, 1.54) is 50.7 Å². The SMILES string of the molecule is CCNC(Cc1ccc(F)c(F)c1)C1CCCCCC1. The van der Waals surface area contributed by atoms with Gasteiger partial charge >= 0.3 is 0 Å². The standard InChI is InChI=1S/C17H25F2N/c1-2-20-17(14-7-5-3-4-6-8-14)12-13-9-10-15(18)16(19)11-13/h9-11,14,17,20H,2-8,12H2,1H3. The smallest absolute Gasteiger partial charge is 0.159 e. The third kappa shape index (κ3) is 4.27. The van der Waals surface area contributed by atoms with Gasteiger partial charge in [-0.05, 0) is 49.4 Å². The maximum absolute atomic E-state index is 13.3. The van der Waals surface area contributed by atoms with Gasteiger partial charge in [0.1, 0.15) is 0 Å². The van der Waals surface area contributed by atoms with E-state index in [9.17, 15) is 8.78 Å². The number of hydrogen-bond acceptors (Lipinski definition) is 1. The fourth-order valence-electron chi connectivity index (χ4n) is 3.30. The second-order valence-electron chi connectivity index (χ2n) is 5.87. The third-order valence-electron chi connectivity index (χ3n) is 4.37. The molecule has 1 atom stereocenters. The number of hydrogen-bond donors (Lipinski definition) is 1. The van der Waals surface area contributed by atoms with Crippen LogP contribution in [0, 0.1) is 17.6 Å². The van der Waals surface area contributed by atoms with Gasteiger partial charge in [0.25, 0.3) is 0 Å². The van der Waals surface area contributed by atoms with Crippen molar-refractivity contribution in [3.05, 3.63) is 35.4 Å². The van der Waals surface area contributed by atoms with Crippen LogP contribution in [0.1, 0.15) is 51.0 Å². The second-order valence-corrected chi connectivity index (χ2v) is 5.87. The highest BCUT2D eigenvalue weighted by molar-refractivity contribution is 5.19. The van der Waals surface area contributed by atoms with Gasteiger partial charge < -0.3 is 5.32 Å². The van der Waals surface area contributed by atoms with E-state index >= 15 is 0 Å². The zero-order valence-corrected chi connectivity index (χ0v) is 12.3. The first-order chi connectivity index (χ1) is 9.70. The van der Waals surface area contributed by atoms with E-state index in [4.69, 9.17) is 0 Å². The van der Waals surface area contributed by atoms with Crippen LogP contribution in [0.25, 0.3) is 0 Å². The van der Waals surface area contributed by atoms with Gasteiger partial charge in [0, 0.05) is 6.04 Å². The molecule has 112 valence electrons. The molecule has 0 saturated heterocycles. The van der Waals surface area contributed by atoms with Crippen molar-refractivity contribution in [3.8, 4) is 0 Å². The summed E-state index contributed by atoms with van der Waals surface area (Å²) in [5.74, 6) is -0.840. The Balaban J connectivity index is 2.05. The number of halogens is 2. The Morgan fingerprint density at radius 3 is 2.40 bits per heavy atom. The third-order valence-corrected chi connectivity index (χ3v) is 4.37. The summed E-state index contributed by atoms with van der Waals surface area (Å²) in [7, 11) is 0. The Hall–Kier alpha value is -0.960. The average molecular weight is 281 g/mol. The highest BCUT2D eigenvalue weighted by Gasteiger charge is 2.22. The van der Waals surface area contributed by atoms with Gasteiger partial charge in [-0.1, -0.05) is 38.7 Å². The van der Waals surface area contributed by atoms with Gasteiger partial charge in [0.05, 0.1) is 0 Å². The molecule has 20 heavy (non-hydrogen) atoms. The van der Waals surface area contributed by atoms with E-state index in [-0.39, 0.29) is 0 Å². The van der Waals surface area contributed by atoms with Crippen molar-refractivity contribution in [3.63, 3.8) is 0 Å². The molecule has 0 amide bonds. The van der Waals surface area contributed by atoms with Crippen LogP contribution in [0.5, 0.6) is 0 Å². The van der Waals surface area contributed by atoms with Crippen molar-refractivity contribution in [2.24, 2.45) is 5.92 Å². The average Bonchev–Trinajstić information content (AvgIpc) is 2.71. The molecular formula is C17H25F2N. The van der Waals surface area contributed by atoms with Gasteiger partial charge in [-0.3, -0.25) is 0 Å². The first-order valence-corrected chi connectivity index (χ1v) is 7.88. The van der Waals surface area contributed by atoms with Gasteiger partial charge in [0.15, 0.2) is 11.6 Å². The molecular weight excluding hydrogens is 256 g/mol. The molecule has 1 aromatic rings. The van der Waals surface area contributed by atoms with Gasteiger partial charge in [-0.15, -0.1) is 0 Å². The van der Waals surface area contributed by atoms with E-state index in [2.05, 4.69) is 12.2 Å². The minimum atomic E-state index is -0.761. The summed E-state index contributed by atoms with van der Waals surface area (Å²) in [5.41, 5.74) is 0.888. The minimum Gasteiger partial charge on any atom is -0.314 e. The Morgan fingerprint density at radius 2 is 1.80 bits per heavy atom. The molecule has 0 heterocycles. The number of likely N-dealkylation sites (N-methyl/N-ethyl adjacent to an activating group) is 1. The molecule has 2 rings (SSSR count). The zero-order chi connectivity index (χ0) is 14.4. The van der Waals surface area contributed by atoms with Gasteiger partial charge in [-0.2, -0.15) is 0 Å². The first-order valence-electron chi connectivity index (χ1n) is 7.88. The topological polar surface area (TPSA) is 12.0 Å². The van der Waals surface area contributed by atoms with Crippen molar-refractivity contribution >= 4 is 0 Å². The van der Waals surface area contributed by atoms with Crippen LogP contribution in [-0.2, 0) is 6.42 Å². The zero-order valence-electron chi connectivity index (χ0n) is 12.3. The molecule has 1 unspecified atom stereocenters. The lowest BCUT2D eigenvalue weighted by Crippen LogP contribution is -2.38. The van der Waals surface area contributed by atoms with Crippen LogP contribution >= 0.6 is 0 Å². The van der Waals surface area contributed by atoms with Crippen LogP contribution in [-0.4, -0.2) is 12.6 Å². The van der Waals surface area contributed by atoms with E-state index in [1.54, 1.807) is 6.07 Å². The lowest BCUT2D eigenvalue weighted by Gasteiger charge is -2.27. The van der Waals surface area contributed by atoms with Crippen molar-refractivity contribution in [2.75, 3.05) is 6.54 Å². The fourth-order valence-corrected chi connectivity index (χ4v) is 3.30. The Labute approximate surface area is 120 Å². The van der Waals surface area contributed by atoms with Crippen molar-refractivity contribution in [1.29, 1.82) is 0 Å². The summed E-state index contributed by atoms with van der Waals surface area (Å²) in [5, 5.41) is 3.55. The molecule has 1 nitrogen and oxygen atoms in total. The van der Waals surface area contributed by atoms with E-state index in [0.717, 1.165) is 18.5 Å². The number of benzene rings is 1. The lowest BCUT2D eigenvalue weighted by atomic mass is 9.87. The molecule has 3 heteroatoms. The van der Waals surface area contributed by atoms with Gasteiger partial charge in [0.2, 0.25) is 0 Å². The second kappa shape index (κ2) is 7.72. The summed E-state index contributed by atoms with van der Waals surface area (Å²) in [6.07, 6.45) is 8.55. The maximum Gasteiger partial charge on any atom is 0.159 e. The van der Waals surface area contributed by atoms with E-state index in [0.29, 0.717) is 12.0 Å². The maximum atomic E-state index is 13.3. The Bertz CT molecular complexity index is 411. The minimum absolute atomic E-state index is 0.378. The first kappa shape index (κ1) is 15.4. The largest absolute Gasteiger partial charge is 0.314 e. The van der Waals surface area contributed by atoms with Crippen molar-refractivity contribution in [2.45, 2.75) is 57.9 Å². The van der Waals surface area contributed by atoms with Crippen LogP contribution in [0.4, 0.5) is 8.78 Å². The molecule has 1 aromatic carbocycles. The van der Waals surface area contributed by atoms with Crippen LogP contribution in [0.2, 0.25) is 0 Å². The molecule has 1 saturated carbocycles. The quantitative estimate of drug-likeness (QED) is 0.786. The predicted molar refractivity (Wildman–Crippen MR) is 78.7 cm³/mol. The van der Waals surface area contributed by atoms with Crippen LogP contribution < -0.4 is 5.32 Å². The Kier molecular flexibility index (Phi) is 5.96. The molecule has 0 bridgehead atoms. The summed E-state index contributed by atoms with van der Waals surface area (Å²) >= 11 is 0. The number of nitrogens with one attached hydrogen (secondary N) is 1. The highest BCUT2D eigenvalue weighted by atomic mass is 19.2. The molecule has 0 aliphatic heterocycles. The Morgan fingerprint density at radius 1 is 1.10 bits per heavy atom. The molecule has 1 fully saturated rings. The highest BCUT2D eigenvalue weighted by Crippen LogP contribution is 2.27. The molecule has 1 aliphatic carbocycles. The lowest BCUT2D eigenvalue weighted by molar-refractivity contribution is 0.321. The molecule has 0 radical (unpaired) electrons. The van der Waals surface area contributed by atoms with Crippen molar-refractivity contribution < 1.29 is 8.78 Å². The van der Waals surface area contributed by atoms with Crippen LogP contribution in [0.15, 0.2) is 18.2 Å². The van der Waals surface area contributed by atoms with Gasteiger partial charge in [-0.25, -0.2) is 8.78 Å². The van der Waals surface area contributed by atoms with E-state index < -0.39 is 11.6 Å². The van der Waals surface area contributed by atoms with E-state index in [1.807, 2.05) is 0 Å². The molecule has 1 N–H and O–H groups in total. The summed E-state index contributed by atoms with van der Waals surface area (Å²) in [4.78, 5) is 0.